The van der Waals surface area contributed by atoms with Gasteiger partial charge in [0.2, 0.25) is 0 Å². The maximum atomic E-state index is 11.2. The third kappa shape index (κ3) is 2.67. The third-order valence-electron chi connectivity index (χ3n) is 2.91. The van der Waals surface area contributed by atoms with Gasteiger partial charge in [-0.2, -0.15) is 5.10 Å². The zero-order valence-electron chi connectivity index (χ0n) is 11.1. The Balaban J connectivity index is 2.40. The van der Waals surface area contributed by atoms with E-state index in [1.807, 2.05) is 12.1 Å². The molecule has 2 rings (SSSR count). The van der Waals surface area contributed by atoms with Gasteiger partial charge in [0.25, 0.3) is 0 Å². The molecule has 1 aromatic heterocycles. The van der Waals surface area contributed by atoms with Gasteiger partial charge in [0, 0.05) is 11.3 Å². The summed E-state index contributed by atoms with van der Waals surface area (Å²) >= 11 is 0. The van der Waals surface area contributed by atoms with Gasteiger partial charge in [0.05, 0.1) is 12.2 Å². The molecule has 0 aliphatic rings. The molecule has 3 nitrogen and oxygen atoms in total. The summed E-state index contributed by atoms with van der Waals surface area (Å²) in [5.74, 6) is 0.128. The zero-order valence-corrected chi connectivity index (χ0v) is 11.1. The molecule has 0 aliphatic heterocycles. The number of aryl methyl sites for hydroxylation is 2. The summed E-state index contributed by atoms with van der Waals surface area (Å²) in [4.78, 5) is 11.2. The molecule has 0 saturated heterocycles. The molecule has 0 aliphatic carbocycles. The molecular weight excluding hydrogens is 224 g/mol. The van der Waals surface area contributed by atoms with E-state index in [1.165, 1.54) is 5.56 Å². The Hall–Kier alpha value is -1.90. The van der Waals surface area contributed by atoms with Crippen molar-refractivity contribution in [1.82, 2.24) is 9.78 Å². The van der Waals surface area contributed by atoms with Crippen molar-refractivity contribution >= 4 is 5.78 Å². The predicted octanol–water partition coefficient (Wildman–Crippen LogP) is 3.01. The van der Waals surface area contributed by atoms with Crippen LogP contribution in [0, 0.1) is 6.92 Å². The lowest BCUT2D eigenvalue weighted by Crippen LogP contribution is -2.10. The van der Waals surface area contributed by atoms with Crippen molar-refractivity contribution in [2.24, 2.45) is 0 Å². The van der Waals surface area contributed by atoms with Gasteiger partial charge in [-0.25, -0.2) is 0 Å². The van der Waals surface area contributed by atoms with E-state index in [1.54, 1.807) is 11.6 Å². The van der Waals surface area contributed by atoms with Crippen LogP contribution in [-0.2, 0) is 17.8 Å². The monoisotopic (exact) mass is 242 g/mol. The van der Waals surface area contributed by atoms with Crippen LogP contribution in [0.5, 0.6) is 0 Å². The summed E-state index contributed by atoms with van der Waals surface area (Å²) in [7, 11) is 0. The van der Waals surface area contributed by atoms with Crippen molar-refractivity contribution in [1.29, 1.82) is 0 Å². The van der Waals surface area contributed by atoms with E-state index in [-0.39, 0.29) is 5.78 Å². The van der Waals surface area contributed by atoms with Gasteiger partial charge in [-0.1, -0.05) is 30.7 Å². The molecule has 0 N–H and O–H groups in total. The van der Waals surface area contributed by atoms with Crippen LogP contribution in [0.3, 0.4) is 0 Å². The molecule has 18 heavy (non-hydrogen) atoms. The Morgan fingerprint density at radius 2 is 2.11 bits per heavy atom. The standard InChI is InChI=1S/C15H18N2O/c1-4-14-9-15(16-17(14)10-12(3)18)13-7-5-6-11(2)8-13/h5-9H,4,10H2,1-3H3. The van der Waals surface area contributed by atoms with E-state index < -0.39 is 0 Å². The van der Waals surface area contributed by atoms with Gasteiger partial charge in [-0.05, 0) is 32.4 Å². The maximum Gasteiger partial charge on any atom is 0.151 e. The van der Waals surface area contributed by atoms with E-state index >= 15 is 0 Å². The molecule has 0 atom stereocenters. The molecule has 2 aromatic rings. The molecule has 0 bridgehead atoms. The first-order valence-electron chi connectivity index (χ1n) is 6.23. The first-order valence-corrected chi connectivity index (χ1v) is 6.23. The zero-order chi connectivity index (χ0) is 13.1. The number of ketones is 1. The van der Waals surface area contributed by atoms with Gasteiger partial charge < -0.3 is 0 Å². The number of hydrogen-bond donors (Lipinski definition) is 0. The number of rotatable bonds is 4. The Labute approximate surface area is 107 Å². The van der Waals surface area contributed by atoms with Crippen molar-refractivity contribution in [2.45, 2.75) is 33.7 Å². The molecule has 1 aromatic carbocycles. The summed E-state index contributed by atoms with van der Waals surface area (Å²) in [5.41, 5.74) is 4.36. The minimum atomic E-state index is 0.128. The van der Waals surface area contributed by atoms with Crippen LogP contribution in [-0.4, -0.2) is 15.6 Å². The van der Waals surface area contributed by atoms with E-state index in [0.29, 0.717) is 6.54 Å². The Morgan fingerprint density at radius 3 is 2.72 bits per heavy atom. The molecule has 0 radical (unpaired) electrons. The molecule has 0 saturated carbocycles. The van der Waals surface area contributed by atoms with Gasteiger partial charge in [-0.15, -0.1) is 0 Å². The fraction of sp³-hybridized carbons (Fsp3) is 0.333. The number of Topliss-reactive ketones (excluding diaryl/α,β-unsaturated/α-hetero) is 1. The van der Waals surface area contributed by atoms with Crippen molar-refractivity contribution in [3.05, 3.63) is 41.6 Å². The van der Waals surface area contributed by atoms with Crippen LogP contribution in [0.4, 0.5) is 0 Å². The quantitative estimate of drug-likeness (QED) is 0.826. The van der Waals surface area contributed by atoms with Gasteiger partial charge in [0.15, 0.2) is 5.78 Å². The smallest absolute Gasteiger partial charge is 0.151 e. The minimum absolute atomic E-state index is 0.128. The summed E-state index contributed by atoms with van der Waals surface area (Å²) in [5, 5.41) is 4.53. The number of hydrogen-bond acceptors (Lipinski definition) is 2. The largest absolute Gasteiger partial charge is 0.298 e. The highest BCUT2D eigenvalue weighted by Crippen LogP contribution is 2.20. The SMILES string of the molecule is CCc1cc(-c2cccc(C)c2)nn1CC(C)=O. The second-order valence-corrected chi connectivity index (χ2v) is 4.60. The van der Waals surface area contributed by atoms with Crippen LogP contribution >= 0.6 is 0 Å². The van der Waals surface area contributed by atoms with E-state index in [2.05, 4.69) is 37.1 Å². The molecule has 0 fully saturated rings. The molecular formula is C15H18N2O. The first-order chi connectivity index (χ1) is 8.60. The number of carbonyl (C=O) groups is 1. The molecule has 94 valence electrons. The van der Waals surface area contributed by atoms with Crippen LogP contribution in [0.25, 0.3) is 11.3 Å². The average Bonchev–Trinajstić information content (AvgIpc) is 2.71. The molecule has 1 heterocycles. The van der Waals surface area contributed by atoms with E-state index in [9.17, 15) is 4.79 Å². The molecule has 0 spiro atoms. The summed E-state index contributed by atoms with van der Waals surface area (Å²) in [6.07, 6.45) is 0.881. The van der Waals surface area contributed by atoms with Gasteiger partial charge in [-0.3, -0.25) is 9.48 Å². The van der Waals surface area contributed by atoms with Crippen molar-refractivity contribution in [2.75, 3.05) is 0 Å². The van der Waals surface area contributed by atoms with Crippen LogP contribution in [0.1, 0.15) is 25.1 Å². The first kappa shape index (κ1) is 12.6. The minimum Gasteiger partial charge on any atom is -0.298 e. The Bertz CT molecular complexity index is 570. The molecule has 3 heteroatoms. The second kappa shape index (κ2) is 5.17. The Kier molecular flexibility index (Phi) is 3.60. The van der Waals surface area contributed by atoms with Crippen molar-refractivity contribution < 1.29 is 4.79 Å². The predicted molar refractivity (Wildman–Crippen MR) is 72.5 cm³/mol. The summed E-state index contributed by atoms with van der Waals surface area (Å²) < 4.78 is 1.81. The summed E-state index contributed by atoms with van der Waals surface area (Å²) in [6, 6.07) is 10.3. The number of nitrogens with zero attached hydrogens (tertiary/aromatic N) is 2. The lowest BCUT2D eigenvalue weighted by molar-refractivity contribution is -0.117. The Morgan fingerprint density at radius 1 is 1.33 bits per heavy atom. The topological polar surface area (TPSA) is 34.9 Å². The fourth-order valence-electron chi connectivity index (χ4n) is 2.03. The van der Waals surface area contributed by atoms with Crippen LogP contribution < -0.4 is 0 Å². The van der Waals surface area contributed by atoms with E-state index in [4.69, 9.17) is 0 Å². The number of benzene rings is 1. The molecule has 0 amide bonds. The van der Waals surface area contributed by atoms with Crippen molar-refractivity contribution in [3.8, 4) is 11.3 Å². The average molecular weight is 242 g/mol. The maximum absolute atomic E-state index is 11.2. The number of aromatic nitrogens is 2. The summed E-state index contributed by atoms with van der Waals surface area (Å²) in [6.45, 7) is 6.09. The fourth-order valence-corrected chi connectivity index (χ4v) is 2.03. The highest BCUT2D eigenvalue weighted by atomic mass is 16.1. The lowest BCUT2D eigenvalue weighted by atomic mass is 10.1. The van der Waals surface area contributed by atoms with Gasteiger partial charge >= 0.3 is 0 Å². The van der Waals surface area contributed by atoms with Crippen LogP contribution in [0.15, 0.2) is 30.3 Å². The normalized spacial score (nSPS) is 10.6. The highest BCUT2D eigenvalue weighted by Gasteiger charge is 2.09. The van der Waals surface area contributed by atoms with Crippen molar-refractivity contribution in [3.63, 3.8) is 0 Å². The highest BCUT2D eigenvalue weighted by molar-refractivity contribution is 5.75. The third-order valence-corrected chi connectivity index (χ3v) is 2.91. The number of carbonyl (C=O) groups excluding carboxylic acids is 1. The van der Waals surface area contributed by atoms with E-state index in [0.717, 1.165) is 23.4 Å². The molecule has 0 unspecified atom stereocenters. The second-order valence-electron chi connectivity index (χ2n) is 4.60. The van der Waals surface area contributed by atoms with Gasteiger partial charge in [0.1, 0.15) is 0 Å². The van der Waals surface area contributed by atoms with Crippen LogP contribution in [0.2, 0.25) is 0 Å². The lowest BCUT2D eigenvalue weighted by Gasteiger charge is -2.01.